The van der Waals surface area contributed by atoms with Crippen molar-refractivity contribution in [3.8, 4) is 0 Å². The Morgan fingerprint density at radius 2 is 1.67 bits per heavy atom. The summed E-state index contributed by atoms with van der Waals surface area (Å²) in [4.78, 5) is 11.9. The van der Waals surface area contributed by atoms with Crippen LogP contribution in [0.4, 0.5) is 0 Å². The maximum atomic E-state index is 11.9. The highest BCUT2D eigenvalue weighted by Gasteiger charge is 2.54. The van der Waals surface area contributed by atoms with E-state index in [-0.39, 0.29) is 11.8 Å². The van der Waals surface area contributed by atoms with E-state index < -0.39 is 18.3 Å². The van der Waals surface area contributed by atoms with Crippen LogP contribution in [-0.4, -0.2) is 24.2 Å². The van der Waals surface area contributed by atoms with Crippen LogP contribution in [0.5, 0.6) is 0 Å². The molecule has 1 N–H and O–H groups in total. The molecular weight excluding hydrogens is 265 g/mol. The molecule has 0 spiro atoms. The van der Waals surface area contributed by atoms with Gasteiger partial charge in [0.1, 0.15) is 0 Å². The van der Waals surface area contributed by atoms with E-state index in [0.717, 1.165) is 5.56 Å². The second kappa shape index (κ2) is 5.81. The second-order valence-electron chi connectivity index (χ2n) is 6.43. The molecule has 2 rings (SSSR count). The van der Waals surface area contributed by atoms with Crippen LogP contribution in [0.2, 0.25) is 0 Å². The summed E-state index contributed by atoms with van der Waals surface area (Å²) >= 11 is 0. The van der Waals surface area contributed by atoms with Crippen molar-refractivity contribution in [2.75, 3.05) is 0 Å². The van der Waals surface area contributed by atoms with E-state index in [9.17, 15) is 4.79 Å². The summed E-state index contributed by atoms with van der Waals surface area (Å²) in [6, 6.07) is 9.81. The Morgan fingerprint density at radius 3 is 2.14 bits per heavy atom. The van der Waals surface area contributed by atoms with Crippen molar-refractivity contribution in [2.24, 2.45) is 0 Å². The lowest BCUT2D eigenvalue weighted by Gasteiger charge is -2.32. The maximum Gasteiger partial charge on any atom is 0.486 e. The predicted octanol–water partition coefficient (Wildman–Crippen LogP) is 2.89. The summed E-state index contributed by atoms with van der Waals surface area (Å²) in [7, 11) is -0.493. The molecule has 0 aliphatic carbocycles. The molecular formula is C16H24BNO3. The number of benzene rings is 1. The zero-order chi connectivity index (χ0) is 15.7. The molecule has 1 aliphatic heterocycles. The first kappa shape index (κ1) is 16.1. The number of carbonyl (C=O) groups is 1. The first-order chi connectivity index (χ1) is 9.77. The van der Waals surface area contributed by atoms with Gasteiger partial charge in [-0.3, -0.25) is 4.79 Å². The van der Waals surface area contributed by atoms with Crippen molar-refractivity contribution in [1.82, 2.24) is 5.32 Å². The van der Waals surface area contributed by atoms with Crippen LogP contribution in [0.3, 0.4) is 0 Å². The Kier molecular flexibility index (Phi) is 4.44. The van der Waals surface area contributed by atoms with Gasteiger partial charge in [-0.25, -0.2) is 0 Å². The molecule has 1 aromatic rings. The number of nitrogens with one attached hydrogen (secondary N) is 1. The fourth-order valence-corrected chi connectivity index (χ4v) is 2.27. The number of carbonyl (C=O) groups excluding carboxylic acids is 1. The van der Waals surface area contributed by atoms with Gasteiger partial charge in [-0.05, 0) is 33.3 Å². The highest BCUT2D eigenvalue weighted by atomic mass is 16.7. The molecule has 1 amide bonds. The van der Waals surface area contributed by atoms with E-state index in [2.05, 4.69) is 5.32 Å². The van der Waals surface area contributed by atoms with Crippen molar-refractivity contribution in [3.63, 3.8) is 0 Å². The smallest absolute Gasteiger partial charge is 0.402 e. The Balaban J connectivity index is 2.27. The SMILES string of the molecule is CCC(=O)N[C@@H](B1OC(C)(C)C(C)(C)O1)c1ccccc1. The van der Waals surface area contributed by atoms with Gasteiger partial charge in [-0.15, -0.1) is 0 Å². The van der Waals surface area contributed by atoms with E-state index in [1.165, 1.54) is 0 Å². The summed E-state index contributed by atoms with van der Waals surface area (Å²) in [5, 5.41) is 3.01. The number of hydrogen-bond acceptors (Lipinski definition) is 3. The molecule has 114 valence electrons. The van der Waals surface area contributed by atoms with Gasteiger partial charge in [0, 0.05) is 6.42 Å². The monoisotopic (exact) mass is 289 g/mol. The number of hydrogen-bond donors (Lipinski definition) is 1. The largest absolute Gasteiger partial charge is 0.486 e. The van der Waals surface area contributed by atoms with E-state index >= 15 is 0 Å². The van der Waals surface area contributed by atoms with Crippen molar-refractivity contribution in [3.05, 3.63) is 35.9 Å². The van der Waals surface area contributed by atoms with Gasteiger partial charge >= 0.3 is 7.12 Å². The Bertz CT molecular complexity index is 486. The summed E-state index contributed by atoms with van der Waals surface area (Å²) in [5.74, 6) is -0.321. The van der Waals surface area contributed by atoms with Crippen LogP contribution in [0.15, 0.2) is 30.3 Å². The fourth-order valence-electron chi connectivity index (χ4n) is 2.27. The lowest BCUT2D eigenvalue weighted by atomic mass is 9.74. The summed E-state index contributed by atoms with van der Waals surface area (Å²) in [6.45, 7) is 9.88. The Hall–Kier alpha value is -1.33. The summed E-state index contributed by atoms with van der Waals surface area (Å²) in [6.07, 6.45) is 0.433. The van der Waals surface area contributed by atoms with E-state index in [0.29, 0.717) is 6.42 Å². The normalized spacial score (nSPS) is 21.1. The van der Waals surface area contributed by atoms with Crippen LogP contribution in [0.25, 0.3) is 0 Å². The Morgan fingerprint density at radius 1 is 1.14 bits per heavy atom. The molecule has 1 aliphatic rings. The summed E-state index contributed by atoms with van der Waals surface area (Å²) < 4.78 is 12.2. The van der Waals surface area contributed by atoms with E-state index in [1.54, 1.807) is 0 Å². The van der Waals surface area contributed by atoms with Gasteiger partial charge in [0.25, 0.3) is 0 Å². The molecule has 0 unspecified atom stereocenters. The zero-order valence-corrected chi connectivity index (χ0v) is 13.5. The van der Waals surface area contributed by atoms with Crippen molar-refractivity contribution >= 4 is 13.0 Å². The van der Waals surface area contributed by atoms with Gasteiger partial charge in [0.05, 0.1) is 17.1 Å². The van der Waals surface area contributed by atoms with Crippen LogP contribution >= 0.6 is 0 Å². The van der Waals surface area contributed by atoms with Gasteiger partial charge in [-0.1, -0.05) is 37.3 Å². The molecule has 0 saturated carbocycles. The summed E-state index contributed by atoms with van der Waals surface area (Å²) in [5.41, 5.74) is 0.154. The predicted molar refractivity (Wildman–Crippen MR) is 83.7 cm³/mol. The minimum atomic E-state index is -0.493. The molecule has 1 heterocycles. The number of rotatable bonds is 4. The first-order valence-corrected chi connectivity index (χ1v) is 7.47. The Labute approximate surface area is 127 Å². The number of amides is 1. The quantitative estimate of drug-likeness (QED) is 0.867. The first-order valence-electron chi connectivity index (χ1n) is 7.47. The van der Waals surface area contributed by atoms with Gasteiger partial charge < -0.3 is 14.6 Å². The third kappa shape index (κ3) is 3.30. The lowest BCUT2D eigenvalue weighted by molar-refractivity contribution is -0.121. The minimum absolute atomic E-state index is 0.0152. The van der Waals surface area contributed by atoms with E-state index in [1.807, 2.05) is 65.0 Å². The standard InChI is InChI=1S/C16H24BNO3/c1-6-13(19)18-14(12-10-8-7-9-11-12)17-20-15(2,3)16(4,5)21-17/h7-11,14H,6H2,1-5H3,(H,18,19)/t14-/m1/s1. The van der Waals surface area contributed by atoms with Crippen molar-refractivity contribution in [1.29, 1.82) is 0 Å². The van der Waals surface area contributed by atoms with Crippen molar-refractivity contribution in [2.45, 2.75) is 58.2 Å². The highest BCUT2D eigenvalue weighted by molar-refractivity contribution is 6.47. The molecule has 4 nitrogen and oxygen atoms in total. The van der Waals surface area contributed by atoms with Crippen LogP contribution in [0.1, 0.15) is 52.5 Å². The van der Waals surface area contributed by atoms with Gasteiger partial charge in [0.15, 0.2) is 0 Å². The molecule has 5 heteroatoms. The van der Waals surface area contributed by atoms with Crippen LogP contribution in [-0.2, 0) is 14.1 Å². The highest BCUT2D eigenvalue weighted by Crippen LogP contribution is 2.40. The second-order valence-corrected chi connectivity index (χ2v) is 6.43. The third-order valence-corrected chi connectivity index (χ3v) is 4.34. The fraction of sp³-hybridized carbons (Fsp3) is 0.562. The van der Waals surface area contributed by atoms with Crippen LogP contribution in [0, 0.1) is 0 Å². The maximum absolute atomic E-state index is 11.9. The third-order valence-electron chi connectivity index (χ3n) is 4.34. The molecule has 0 radical (unpaired) electrons. The molecule has 1 atom stereocenters. The molecule has 1 saturated heterocycles. The zero-order valence-electron chi connectivity index (χ0n) is 13.5. The molecule has 0 bridgehead atoms. The minimum Gasteiger partial charge on any atom is -0.402 e. The average molecular weight is 289 g/mol. The molecule has 1 fully saturated rings. The van der Waals surface area contributed by atoms with Crippen LogP contribution < -0.4 is 5.32 Å². The topological polar surface area (TPSA) is 47.6 Å². The van der Waals surface area contributed by atoms with E-state index in [4.69, 9.17) is 9.31 Å². The molecule has 0 aromatic heterocycles. The van der Waals surface area contributed by atoms with Gasteiger partial charge in [0.2, 0.25) is 5.91 Å². The molecule has 1 aromatic carbocycles. The average Bonchev–Trinajstić information content (AvgIpc) is 2.65. The lowest BCUT2D eigenvalue weighted by Crippen LogP contribution is -2.41. The molecule has 21 heavy (non-hydrogen) atoms. The van der Waals surface area contributed by atoms with Crippen molar-refractivity contribution < 1.29 is 14.1 Å². The van der Waals surface area contributed by atoms with Gasteiger partial charge in [-0.2, -0.15) is 0 Å².